The summed E-state index contributed by atoms with van der Waals surface area (Å²) >= 11 is 0. The minimum Gasteiger partial charge on any atom is -0.314 e. The Morgan fingerprint density at radius 2 is 1.88 bits per heavy atom. The van der Waals surface area contributed by atoms with Gasteiger partial charge in [-0.15, -0.1) is 0 Å². The molecule has 1 N–H and O–H groups in total. The van der Waals surface area contributed by atoms with Gasteiger partial charge in [0.25, 0.3) is 0 Å². The molecule has 0 heterocycles. The van der Waals surface area contributed by atoms with Gasteiger partial charge < -0.3 is 10.2 Å². The van der Waals surface area contributed by atoms with Gasteiger partial charge in [0.15, 0.2) is 0 Å². The van der Waals surface area contributed by atoms with Crippen LogP contribution in [-0.2, 0) is 0 Å². The number of hydrogen-bond donors (Lipinski definition) is 1. The van der Waals surface area contributed by atoms with Crippen LogP contribution in [0.4, 0.5) is 0 Å². The summed E-state index contributed by atoms with van der Waals surface area (Å²) in [5.41, 5.74) is 0. The molecule has 0 radical (unpaired) electrons. The van der Waals surface area contributed by atoms with Crippen molar-refractivity contribution >= 4 is 0 Å². The molecule has 0 aromatic heterocycles. The van der Waals surface area contributed by atoms with E-state index in [4.69, 9.17) is 0 Å². The average molecular weight is 226 g/mol. The predicted molar refractivity (Wildman–Crippen MR) is 71.8 cm³/mol. The molecular formula is C14H30N2. The number of hydrogen-bond acceptors (Lipinski definition) is 2. The summed E-state index contributed by atoms with van der Waals surface area (Å²) in [5.74, 6) is 0.974. The Hall–Kier alpha value is -0.0800. The van der Waals surface area contributed by atoms with Crippen LogP contribution in [0.3, 0.4) is 0 Å². The summed E-state index contributed by atoms with van der Waals surface area (Å²) in [6, 6.07) is 0.786. The third-order valence-corrected chi connectivity index (χ3v) is 4.03. The van der Waals surface area contributed by atoms with Crippen molar-refractivity contribution in [3.8, 4) is 0 Å². The second-order valence-corrected chi connectivity index (χ2v) is 5.07. The average Bonchev–Trinajstić information content (AvgIpc) is 2.24. The van der Waals surface area contributed by atoms with Crippen molar-refractivity contribution < 1.29 is 0 Å². The van der Waals surface area contributed by atoms with Gasteiger partial charge in [0.2, 0.25) is 0 Å². The van der Waals surface area contributed by atoms with Crippen LogP contribution in [0.15, 0.2) is 0 Å². The zero-order chi connectivity index (χ0) is 11.8. The van der Waals surface area contributed by atoms with Crippen LogP contribution in [0.2, 0.25) is 0 Å². The Morgan fingerprint density at radius 3 is 2.31 bits per heavy atom. The van der Waals surface area contributed by atoms with Crippen LogP contribution in [0.5, 0.6) is 0 Å². The highest BCUT2D eigenvalue weighted by Gasteiger charge is 2.26. The van der Waals surface area contributed by atoms with Gasteiger partial charge >= 0.3 is 0 Å². The summed E-state index contributed by atoms with van der Waals surface area (Å²) in [6.45, 7) is 11.6. The van der Waals surface area contributed by atoms with Gasteiger partial charge in [-0.25, -0.2) is 0 Å². The molecule has 0 aromatic rings. The molecule has 1 fully saturated rings. The fraction of sp³-hybridized carbons (Fsp3) is 1.00. The van der Waals surface area contributed by atoms with Gasteiger partial charge in [-0.05, 0) is 57.8 Å². The van der Waals surface area contributed by atoms with Gasteiger partial charge in [-0.1, -0.05) is 27.2 Å². The SMILES string of the molecule is CCCNC(CCN(CC)CC)C1CCC1. The van der Waals surface area contributed by atoms with Crippen LogP contribution in [0, 0.1) is 5.92 Å². The Balaban J connectivity index is 2.25. The van der Waals surface area contributed by atoms with Crippen molar-refractivity contribution in [2.24, 2.45) is 5.92 Å². The lowest BCUT2D eigenvalue weighted by molar-refractivity contribution is 0.194. The van der Waals surface area contributed by atoms with E-state index in [-0.39, 0.29) is 0 Å². The molecule has 96 valence electrons. The van der Waals surface area contributed by atoms with E-state index in [9.17, 15) is 0 Å². The first-order chi connectivity index (χ1) is 7.81. The van der Waals surface area contributed by atoms with E-state index in [2.05, 4.69) is 31.0 Å². The zero-order valence-corrected chi connectivity index (χ0v) is 11.5. The lowest BCUT2D eigenvalue weighted by atomic mass is 9.78. The van der Waals surface area contributed by atoms with Crippen LogP contribution < -0.4 is 5.32 Å². The standard InChI is InChI=1S/C14H30N2/c1-4-11-15-14(13-8-7-9-13)10-12-16(5-2)6-3/h13-15H,4-12H2,1-3H3. The summed E-state index contributed by atoms with van der Waals surface area (Å²) in [6.07, 6.45) is 6.97. The van der Waals surface area contributed by atoms with Crippen LogP contribution in [0.1, 0.15) is 52.9 Å². The maximum atomic E-state index is 3.75. The molecule has 16 heavy (non-hydrogen) atoms. The monoisotopic (exact) mass is 226 g/mol. The summed E-state index contributed by atoms with van der Waals surface area (Å²) in [7, 11) is 0. The Labute approximate surface area is 102 Å². The third-order valence-electron chi connectivity index (χ3n) is 4.03. The normalized spacial score (nSPS) is 18.8. The second-order valence-electron chi connectivity index (χ2n) is 5.07. The largest absolute Gasteiger partial charge is 0.314 e. The molecule has 1 atom stereocenters. The molecule has 1 unspecified atom stereocenters. The lowest BCUT2D eigenvalue weighted by Crippen LogP contribution is -2.42. The predicted octanol–water partition coefficient (Wildman–Crippen LogP) is 2.89. The van der Waals surface area contributed by atoms with Gasteiger partial charge in [0.05, 0.1) is 0 Å². The van der Waals surface area contributed by atoms with E-state index >= 15 is 0 Å². The van der Waals surface area contributed by atoms with Crippen molar-refractivity contribution in [2.75, 3.05) is 26.2 Å². The lowest BCUT2D eigenvalue weighted by Gasteiger charge is -2.35. The number of rotatable bonds is 9. The smallest absolute Gasteiger partial charge is 0.0107 e. The molecule has 1 rings (SSSR count). The van der Waals surface area contributed by atoms with Gasteiger partial charge in [-0.3, -0.25) is 0 Å². The number of nitrogens with one attached hydrogen (secondary N) is 1. The van der Waals surface area contributed by atoms with E-state index in [0.717, 1.165) is 12.0 Å². The molecule has 1 aliphatic rings. The molecule has 0 aromatic carbocycles. The first kappa shape index (κ1) is 14.0. The highest BCUT2D eigenvalue weighted by atomic mass is 15.1. The fourth-order valence-corrected chi connectivity index (χ4v) is 2.54. The zero-order valence-electron chi connectivity index (χ0n) is 11.5. The van der Waals surface area contributed by atoms with Crippen molar-refractivity contribution in [3.63, 3.8) is 0 Å². The van der Waals surface area contributed by atoms with E-state index in [1.54, 1.807) is 0 Å². The van der Waals surface area contributed by atoms with Crippen molar-refractivity contribution in [3.05, 3.63) is 0 Å². The highest BCUT2D eigenvalue weighted by Crippen LogP contribution is 2.31. The van der Waals surface area contributed by atoms with E-state index in [1.165, 1.54) is 58.3 Å². The Bertz CT molecular complexity index is 162. The van der Waals surface area contributed by atoms with Gasteiger partial charge in [-0.2, -0.15) is 0 Å². The topological polar surface area (TPSA) is 15.3 Å². The van der Waals surface area contributed by atoms with E-state index in [0.29, 0.717) is 0 Å². The molecule has 0 amide bonds. The first-order valence-corrected chi connectivity index (χ1v) is 7.27. The molecule has 2 heteroatoms. The second kappa shape index (κ2) is 8.08. The third kappa shape index (κ3) is 4.42. The first-order valence-electron chi connectivity index (χ1n) is 7.27. The summed E-state index contributed by atoms with van der Waals surface area (Å²) in [5, 5.41) is 3.75. The quantitative estimate of drug-likeness (QED) is 0.650. The van der Waals surface area contributed by atoms with Crippen molar-refractivity contribution in [1.82, 2.24) is 10.2 Å². The molecule has 0 spiro atoms. The maximum Gasteiger partial charge on any atom is 0.0107 e. The molecule has 0 saturated heterocycles. The fourth-order valence-electron chi connectivity index (χ4n) is 2.54. The Kier molecular flexibility index (Phi) is 7.06. The summed E-state index contributed by atoms with van der Waals surface area (Å²) < 4.78 is 0. The van der Waals surface area contributed by atoms with E-state index < -0.39 is 0 Å². The molecule has 1 aliphatic carbocycles. The van der Waals surface area contributed by atoms with Crippen LogP contribution in [0.25, 0.3) is 0 Å². The van der Waals surface area contributed by atoms with Crippen LogP contribution >= 0.6 is 0 Å². The van der Waals surface area contributed by atoms with Crippen molar-refractivity contribution in [2.45, 2.75) is 58.9 Å². The molecule has 0 bridgehead atoms. The molecular weight excluding hydrogens is 196 g/mol. The van der Waals surface area contributed by atoms with Gasteiger partial charge in [0.1, 0.15) is 0 Å². The van der Waals surface area contributed by atoms with E-state index in [1.807, 2.05) is 0 Å². The minimum absolute atomic E-state index is 0.786. The Morgan fingerprint density at radius 1 is 1.19 bits per heavy atom. The molecule has 2 nitrogen and oxygen atoms in total. The van der Waals surface area contributed by atoms with Crippen molar-refractivity contribution in [1.29, 1.82) is 0 Å². The van der Waals surface area contributed by atoms with Gasteiger partial charge in [0, 0.05) is 6.04 Å². The summed E-state index contributed by atoms with van der Waals surface area (Å²) in [4.78, 5) is 2.54. The molecule has 0 aliphatic heterocycles. The number of nitrogens with zero attached hydrogens (tertiary/aromatic N) is 1. The maximum absolute atomic E-state index is 3.75. The minimum atomic E-state index is 0.786. The highest BCUT2D eigenvalue weighted by molar-refractivity contribution is 4.83. The molecule has 1 saturated carbocycles. The van der Waals surface area contributed by atoms with Crippen LogP contribution in [-0.4, -0.2) is 37.1 Å².